The van der Waals surface area contributed by atoms with Crippen molar-refractivity contribution in [3.8, 4) is 0 Å². The number of nitrogens with two attached hydrogens (primary N) is 3. The molecule has 2 amide bonds. The second-order valence-electron chi connectivity index (χ2n) is 10.1. The van der Waals surface area contributed by atoms with Gasteiger partial charge in [0.2, 0.25) is 12.8 Å². The number of nitrogen functional groups attached to an aromatic ring is 1. The number of nitrogens with zero attached hydrogens (tertiary/aromatic N) is 1. The Hall–Kier alpha value is -2.27. The maximum atomic E-state index is 10.2. The fraction of sp³-hybridized carbons (Fsp3) is 0.606. The highest BCUT2D eigenvalue weighted by atomic mass is 32.2. The van der Waals surface area contributed by atoms with Crippen LogP contribution < -0.4 is 22.5 Å². The minimum absolute atomic E-state index is 0.250. The Morgan fingerprint density at radius 1 is 1.09 bits per heavy atom. The molecule has 1 aromatic rings. The van der Waals surface area contributed by atoms with E-state index in [2.05, 4.69) is 60.9 Å². The summed E-state index contributed by atoms with van der Waals surface area (Å²) in [6.07, 6.45) is 11.8. The SMILES string of the molecule is C=C(C=O)CN1CCSCC1.C=C(CCC(CNC)C1CCCCC1)Sc1cc(CC)ccc1N.CC.NC=O.NC=O. The molecule has 1 saturated heterocycles. The molecule has 1 aliphatic carbocycles. The number of aldehydes is 1. The Morgan fingerprint density at radius 2 is 1.67 bits per heavy atom. The first-order valence-corrected chi connectivity index (χ1v) is 17.4. The molecule has 1 heterocycles. The largest absolute Gasteiger partial charge is 0.398 e. The van der Waals surface area contributed by atoms with Gasteiger partial charge in [0.15, 0.2) is 0 Å². The minimum atomic E-state index is 0.250. The summed E-state index contributed by atoms with van der Waals surface area (Å²) in [4.78, 5) is 32.1. The summed E-state index contributed by atoms with van der Waals surface area (Å²) < 4.78 is 0. The minimum Gasteiger partial charge on any atom is -0.398 e. The van der Waals surface area contributed by atoms with Gasteiger partial charge in [0.05, 0.1) is 0 Å². The average Bonchev–Trinajstić information content (AvgIpc) is 3.03. The van der Waals surface area contributed by atoms with Crippen molar-refractivity contribution in [2.24, 2.45) is 23.3 Å². The fourth-order valence-corrected chi connectivity index (χ4v) is 6.80. The van der Waals surface area contributed by atoms with Gasteiger partial charge in [-0.25, -0.2) is 0 Å². The second-order valence-corrected chi connectivity index (χ2v) is 12.5. The summed E-state index contributed by atoms with van der Waals surface area (Å²) in [5, 5.41) is 3.41. The maximum absolute atomic E-state index is 10.2. The molecule has 1 aromatic carbocycles. The van der Waals surface area contributed by atoms with Crippen LogP contribution in [0.4, 0.5) is 5.69 Å². The first kappa shape index (κ1) is 42.9. The molecule has 1 atom stereocenters. The van der Waals surface area contributed by atoms with E-state index in [9.17, 15) is 4.79 Å². The predicted octanol–water partition coefficient (Wildman–Crippen LogP) is 5.65. The van der Waals surface area contributed by atoms with E-state index in [1.165, 1.54) is 65.4 Å². The molecular formula is C33H59N5O3S2. The quantitative estimate of drug-likeness (QED) is 0.0996. The molecule has 0 radical (unpaired) electrons. The van der Waals surface area contributed by atoms with Crippen LogP contribution in [-0.2, 0) is 20.8 Å². The molecule has 1 saturated carbocycles. The molecule has 8 nitrogen and oxygen atoms in total. The van der Waals surface area contributed by atoms with Gasteiger partial charge in [0, 0.05) is 41.7 Å². The lowest BCUT2D eigenvalue weighted by molar-refractivity contribution is -0.107. The zero-order valence-electron chi connectivity index (χ0n) is 27.2. The fourth-order valence-electron chi connectivity index (χ4n) is 4.90. The van der Waals surface area contributed by atoms with Crippen molar-refractivity contribution in [1.82, 2.24) is 10.2 Å². The Morgan fingerprint density at radius 3 is 2.19 bits per heavy atom. The molecule has 3 rings (SSSR count). The van der Waals surface area contributed by atoms with E-state index in [1.54, 1.807) is 11.8 Å². The van der Waals surface area contributed by atoms with Crippen LogP contribution in [0.1, 0.15) is 71.3 Å². The number of anilines is 1. The number of thioether (sulfide) groups is 2. The number of rotatable bonds is 12. The standard InChI is InChI=1S/C21H34N2S.C8H13NOS.C2H6.2CH3NO/c1-4-17-11-13-20(22)21(14-17)24-16(2)10-12-19(15-23-3)18-8-6-5-7-9-18;1-8(7-10)6-9-2-4-11-5-3-9;1-2;2*2-1-3/h11,13-14,18-19,23H,2,4-10,12,15,22H2,1,3H3;7H,1-6H2;1-2H3;2*1H,(H2,2,3). The molecule has 0 aromatic heterocycles. The van der Waals surface area contributed by atoms with Crippen LogP contribution in [0, 0.1) is 11.8 Å². The lowest BCUT2D eigenvalue weighted by Gasteiger charge is -2.30. The number of amides is 2. The van der Waals surface area contributed by atoms with Gasteiger partial charge in [0.25, 0.3) is 0 Å². The van der Waals surface area contributed by atoms with Crippen LogP contribution in [0.3, 0.4) is 0 Å². The highest BCUT2D eigenvalue weighted by Crippen LogP contribution is 2.37. The van der Waals surface area contributed by atoms with Crippen molar-refractivity contribution in [1.29, 1.82) is 0 Å². The Balaban J connectivity index is 0. The third-order valence-corrected chi connectivity index (χ3v) is 9.02. The van der Waals surface area contributed by atoms with Gasteiger partial charge >= 0.3 is 0 Å². The summed E-state index contributed by atoms with van der Waals surface area (Å²) in [5.41, 5.74) is 17.4. The van der Waals surface area contributed by atoms with Gasteiger partial charge in [0.1, 0.15) is 6.29 Å². The van der Waals surface area contributed by atoms with Gasteiger partial charge in [-0.1, -0.05) is 83.9 Å². The first-order valence-electron chi connectivity index (χ1n) is 15.4. The lowest BCUT2D eigenvalue weighted by atomic mass is 9.78. The smallest absolute Gasteiger partial charge is 0.204 e. The molecule has 43 heavy (non-hydrogen) atoms. The van der Waals surface area contributed by atoms with E-state index in [4.69, 9.17) is 15.3 Å². The Labute approximate surface area is 270 Å². The highest BCUT2D eigenvalue weighted by molar-refractivity contribution is 8.03. The number of benzene rings is 1. The maximum Gasteiger partial charge on any atom is 0.204 e. The first-order chi connectivity index (χ1) is 20.8. The van der Waals surface area contributed by atoms with Crippen molar-refractivity contribution in [2.45, 2.75) is 77.0 Å². The van der Waals surface area contributed by atoms with Gasteiger partial charge in [-0.05, 0) is 72.9 Å². The van der Waals surface area contributed by atoms with Crippen LogP contribution in [-0.4, -0.2) is 68.7 Å². The number of aryl methyl sites for hydroxylation is 1. The predicted molar refractivity (Wildman–Crippen MR) is 189 cm³/mol. The van der Waals surface area contributed by atoms with Crippen molar-refractivity contribution < 1.29 is 14.4 Å². The summed E-state index contributed by atoms with van der Waals surface area (Å²) in [5.74, 6) is 4.06. The van der Waals surface area contributed by atoms with Crippen LogP contribution in [0.15, 0.2) is 46.7 Å². The van der Waals surface area contributed by atoms with E-state index >= 15 is 0 Å². The normalized spacial score (nSPS) is 15.2. The molecule has 1 aliphatic heterocycles. The Kier molecular flexibility index (Phi) is 29.7. The lowest BCUT2D eigenvalue weighted by Crippen LogP contribution is -2.34. The van der Waals surface area contributed by atoms with Gasteiger partial charge < -0.3 is 22.5 Å². The molecule has 0 bridgehead atoms. The molecule has 2 aliphatic rings. The van der Waals surface area contributed by atoms with Crippen LogP contribution >= 0.6 is 23.5 Å². The number of carbonyl (C=O) groups excluding carboxylic acids is 3. The molecule has 10 heteroatoms. The number of primary amides is 2. The topological polar surface area (TPSA) is 145 Å². The molecule has 0 spiro atoms. The van der Waals surface area contributed by atoms with E-state index < -0.39 is 0 Å². The van der Waals surface area contributed by atoms with Crippen LogP contribution in [0.25, 0.3) is 0 Å². The van der Waals surface area contributed by atoms with Gasteiger partial charge in [-0.2, -0.15) is 11.8 Å². The zero-order chi connectivity index (χ0) is 32.9. The summed E-state index contributed by atoms with van der Waals surface area (Å²) in [7, 11) is 2.08. The third kappa shape index (κ3) is 22.0. The van der Waals surface area contributed by atoms with Crippen molar-refractivity contribution in [3.63, 3.8) is 0 Å². The molecular weight excluding hydrogens is 579 g/mol. The monoisotopic (exact) mass is 637 g/mol. The van der Waals surface area contributed by atoms with Crippen molar-refractivity contribution in [3.05, 3.63) is 47.4 Å². The van der Waals surface area contributed by atoms with Crippen LogP contribution in [0.5, 0.6) is 0 Å². The molecule has 246 valence electrons. The number of carbonyl (C=O) groups is 3. The van der Waals surface area contributed by atoms with E-state index in [1.807, 2.05) is 31.7 Å². The van der Waals surface area contributed by atoms with E-state index in [-0.39, 0.29) is 12.8 Å². The van der Waals surface area contributed by atoms with Gasteiger partial charge in [-0.3, -0.25) is 19.3 Å². The highest BCUT2D eigenvalue weighted by Gasteiger charge is 2.23. The Bertz CT molecular complexity index is 883. The van der Waals surface area contributed by atoms with Gasteiger partial charge in [-0.15, -0.1) is 0 Å². The summed E-state index contributed by atoms with van der Waals surface area (Å²) >= 11 is 3.74. The summed E-state index contributed by atoms with van der Waals surface area (Å²) in [6.45, 7) is 18.2. The molecule has 2 fully saturated rings. The van der Waals surface area contributed by atoms with Crippen molar-refractivity contribution >= 4 is 48.3 Å². The number of nitrogens with one attached hydrogen (secondary N) is 1. The number of allylic oxidation sites excluding steroid dienone is 1. The number of hydrogen-bond donors (Lipinski definition) is 4. The average molecular weight is 638 g/mol. The third-order valence-electron chi connectivity index (χ3n) is 7.01. The number of hydrogen-bond acceptors (Lipinski definition) is 8. The summed E-state index contributed by atoms with van der Waals surface area (Å²) in [6, 6.07) is 6.37. The van der Waals surface area contributed by atoms with E-state index in [0.29, 0.717) is 5.57 Å². The molecule has 1 unspecified atom stereocenters. The molecule has 7 N–H and O–H groups in total. The van der Waals surface area contributed by atoms with Crippen molar-refractivity contribution in [2.75, 3.05) is 50.5 Å². The van der Waals surface area contributed by atoms with E-state index in [0.717, 1.165) is 62.8 Å². The van der Waals surface area contributed by atoms with Crippen LogP contribution in [0.2, 0.25) is 0 Å². The second kappa shape index (κ2) is 29.8. The zero-order valence-corrected chi connectivity index (χ0v) is 28.8.